The lowest BCUT2D eigenvalue weighted by Crippen LogP contribution is -2.47. The number of nitrogens with zero attached hydrogens (tertiary/aromatic N) is 2. The van der Waals surface area contributed by atoms with Crippen LogP contribution in [0.15, 0.2) is 29.3 Å². The van der Waals surface area contributed by atoms with Crippen LogP contribution < -0.4 is 15.4 Å². The van der Waals surface area contributed by atoms with Gasteiger partial charge in [0.2, 0.25) is 0 Å². The Morgan fingerprint density at radius 2 is 2.03 bits per heavy atom. The molecule has 0 amide bonds. The minimum absolute atomic E-state index is 0.101. The quantitative estimate of drug-likeness (QED) is 0.569. The molecule has 166 valence electrons. The molecule has 2 heterocycles. The first-order valence-corrected chi connectivity index (χ1v) is 10.9. The maximum atomic E-state index is 12.6. The van der Waals surface area contributed by atoms with Crippen LogP contribution in [0.4, 0.5) is 13.2 Å². The molecule has 2 aliphatic heterocycles. The van der Waals surface area contributed by atoms with E-state index in [2.05, 4.69) is 21.7 Å². The molecule has 2 fully saturated rings. The first-order valence-electron chi connectivity index (χ1n) is 10.9. The molecule has 1 aromatic rings. The number of halogens is 3. The summed E-state index contributed by atoms with van der Waals surface area (Å²) in [4.78, 5) is 5.86. The van der Waals surface area contributed by atoms with Crippen molar-refractivity contribution < 1.29 is 17.9 Å². The minimum Gasteiger partial charge on any atom is -0.487 e. The van der Waals surface area contributed by atoms with Gasteiger partial charge in [0.05, 0.1) is 12.6 Å². The molecule has 4 rings (SSSR count). The van der Waals surface area contributed by atoms with E-state index in [1.807, 2.05) is 18.2 Å². The van der Waals surface area contributed by atoms with E-state index in [-0.39, 0.29) is 17.6 Å². The molecule has 1 saturated heterocycles. The second-order valence-electron chi connectivity index (χ2n) is 8.89. The Morgan fingerprint density at radius 1 is 1.27 bits per heavy atom. The molecular weight excluding hydrogens is 393 g/mol. The molecule has 2 N–H and O–H groups in total. The van der Waals surface area contributed by atoms with Crippen molar-refractivity contribution >= 4 is 5.96 Å². The Bertz CT molecular complexity index is 761. The van der Waals surface area contributed by atoms with E-state index in [1.165, 1.54) is 17.7 Å². The fourth-order valence-electron chi connectivity index (χ4n) is 5.15. The Hall–Kier alpha value is -1.96. The van der Waals surface area contributed by atoms with Crippen molar-refractivity contribution in [2.75, 3.05) is 33.2 Å². The Labute approximate surface area is 176 Å². The SMILES string of the molecule is CN=C(NCC1CCN(CC(F)(F)F)C1)NC1CC2(CCCC2)Oc2ccccc21. The van der Waals surface area contributed by atoms with E-state index >= 15 is 0 Å². The fraction of sp³-hybridized carbons (Fsp3) is 0.682. The number of benzene rings is 1. The van der Waals surface area contributed by atoms with Crippen LogP contribution in [0.1, 0.15) is 50.1 Å². The zero-order valence-electron chi connectivity index (χ0n) is 17.5. The molecule has 0 aromatic heterocycles. The Kier molecular flexibility index (Phi) is 6.14. The van der Waals surface area contributed by atoms with Crippen molar-refractivity contribution in [1.29, 1.82) is 0 Å². The number of guanidine groups is 1. The second kappa shape index (κ2) is 8.65. The number of ether oxygens (including phenoxy) is 1. The summed E-state index contributed by atoms with van der Waals surface area (Å²) < 4.78 is 44.3. The second-order valence-corrected chi connectivity index (χ2v) is 8.89. The first kappa shape index (κ1) is 21.3. The number of hydrogen-bond donors (Lipinski definition) is 2. The average Bonchev–Trinajstić information content (AvgIpc) is 3.33. The molecule has 8 heteroatoms. The number of rotatable bonds is 4. The molecule has 1 spiro atoms. The van der Waals surface area contributed by atoms with Crippen molar-refractivity contribution in [2.24, 2.45) is 10.9 Å². The summed E-state index contributed by atoms with van der Waals surface area (Å²) in [5.41, 5.74) is 1.03. The maximum Gasteiger partial charge on any atom is 0.401 e. The number of para-hydroxylation sites is 1. The summed E-state index contributed by atoms with van der Waals surface area (Å²) in [5, 5.41) is 6.89. The Balaban J connectivity index is 1.36. The molecule has 0 radical (unpaired) electrons. The highest BCUT2D eigenvalue weighted by molar-refractivity contribution is 5.80. The molecule has 1 aromatic carbocycles. The van der Waals surface area contributed by atoms with Gasteiger partial charge < -0.3 is 15.4 Å². The van der Waals surface area contributed by atoms with Gasteiger partial charge in [-0.15, -0.1) is 0 Å². The van der Waals surface area contributed by atoms with Crippen LogP contribution in [0.2, 0.25) is 0 Å². The van der Waals surface area contributed by atoms with Gasteiger partial charge in [0.15, 0.2) is 5.96 Å². The topological polar surface area (TPSA) is 48.9 Å². The number of fused-ring (bicyclic) bond motifs is 1. The van der Waals surface area contributed by atoms with Crippen LogP contribution in [0.25, 0.3) is 0 Å². The highest BCUT2D eigenvalue weighted by Crippen LogP contribution is 2.46. The maximum absolute atomic E-state index is 12.6. The van der Waals surface area contributed by atoms with Crippen molar-refractivity contribution in [3.63, 3.8) is 0 Å². The van der Waals surface area contributed by atoms with Gasteiger partial charge in [-0.05, 0) is 50.6 Å². The zero-order valence-corrected chi connectivity index (χ0v) is 17.5. The van der Waals surface area contributed by atoms with Gasteiger partial charge in [-0.2, -0.15) is 13.2 Å². The van der Waals surface area contributed by atoms with E-state index in [4.69, 9.17) is 4.74 Å². The van der Waals surface area contributed by atoms with E-state index in [0.29, 0.717) is 25.6 Å². The van der Waals surface area contributed by atoms with Gasteiger partial charge in [0, 0.05) is 32.1 Å². The molecule has 1 aliphatic carbocycles. The Morgan fingerprint density at radius 3 is 2.77 bits per heavy atom. The molecule has 2 unspecified atom stereocenters. The van der Waals surface area contributed by atoms with Crippen LogP contribution in [-0.2, 0) is 0 Å². The third-order valence-corrected chi connectivity index (χ3v) is 6.58. The highest BCUT2D eigenvalue weighted by Gasteiger charge is 2.43. The van der Waals surface area contributed by atoms with Gasteiger partial charge in [-0.1, -0.05) is 18.2 Å². The summed E-state index contributed by atoms with van der Waals surface area (Å²) in [7, 11) is 1.73. The summed E-state index contributed by atoms with van der Waals surface area (Å²) >= 11 is 0. The summed E-state index contributed by atoms with van der Waals surface area (Å²) in [6, 6.07) is 8.25. The van der Waals surface area contributed by atoms with E-state index < -0.39 is 12.7 Å². The van der Waals surface area contributed by atoms with Gasteiger partial charge in [0.1, 0.15) is 11.4 Å². The largest absolute Gasteiger partial charge is 0.487 e. The van der Waals surface area contributed by atoms with Gasteiger partial charge in [0.25, 0.3) is 0 Å². The molecule has 30 heavy (non-hydrogen) atoms. The molecule has 0 bridgehead atoms. The lowest BCUT2D eigenvalue weighted by atomic mass is 9.86. The number of hydrogen-bond acceptors (Lipinski definition) is 3. The highest BCUT2D eigenvalue weighted by atomic mass is 19.4. The molecular formula is C22H31F3N4O. The third kappa shape index (κ3) is 5.02. The predicted molar refractivity (Wildman–Crippen MR) is 111 cm³/mol. The standard InChI is InChI=1S/C22H31F3N4O/c1-26-20(27-13-16-8-11-29(14-16)15-22(23,24)25)28-18-12-21(9-4-5-10-21)30-19-7-3-2-6-17(18)19/h2-3,6-7,16,18H,4-5,8-15H2,1H3,(H2,26,27,28). The van der Waals surface area contributed by atoms with E-state index in [1.54, 1.807) is 7.05 Å². The van der Waals surface area contributed by atoms with Crippen LogP contribution in [0, 0.1) is 5.92 Å². The number of likely N-dealkylation sites (tertiary alicyclic amines) is 1. The monoisotopic (exact) mass is 424 g/mol. The molecule has 1 saturated carbocycles. The van der Waals surface area contributed by atoms with E-state index in [0.717, 1.165) is 37.0 Å². The molecule has 2 atom stereocenters. The van der Waals surface area contributed by atoms with Crippen molar-refractivity contribution in [1.82, 2.24) is 15.5 Å². The third-order valence-electron chi connectivity index (χ3n) is 6.58. The summed E-state index contributed by atoms with van der Waals surface area (Å²) in [5.74, 6) is 1.82. The zero-order chi connectivity index (χ0) is 21.2. The lowest BCUT2D eigenvalue weighted by molar-refractivity contribution is -0.143. The van der Waals surface area contributed by atoms with Crippen LogP contribution in [0.3, 0.4) is 0 Å². The van der Waals surface area contributed by atoms with Gasteiger partial charge in [-0.3, -0.25) is 9.89 Å². The van der Waals surface area contributed by atoms with Crippen LogP contribution in [-0.4, -0.2) is 55.9 Å². The first-order chi connectivity index (χ1) is 14.4. The predicted octanol–water partition coefficient (Wildman–Crippen LogP) is 3.87. The smallest absolute Gasteiger partial charge is 0.401 e. The average molecular weight is 425 g/mol. The number of nitrogens with one attached hydrogen (secondary N) is 2. The van der Waals surface area contributed by atoms with Crippen LogP contribution >= 0.6 is 0 Å². The van der Waals surface area contributed by atoms with E-state index in [9.17, 15) is 13.2 Å². The van der Waals surface area contributed by atoms with Gasteiger partial charge >= 0.3 is 6.18 Å². The number of alkyl halides is 3. The molecule has 5 nitrogen and oxygen atoms in total. The fourth-order valence-corrected chi connectivity index (χ4v) is 5.15. The normalized spacial score (nSPS) is 26.5. The summed E-state index contributed by atoms with van der Waals surface area (Å²) in [6.45, 7) is 0.752. The lowest BCUT2D eigenvalue weighted by Gasteiger charge is -2.40. The van der Waals surface area contributed by atoms with Crippen molar-refractivity contribution in [2.45, 2.75) is 56.3 Å². The number of aliphatic imine (C=N–C) groups is 1. The van der Waals surface area contributed by atoms with Crippen molar-refractivity contribution in [3.8, 4) is 5.75 Å². The van der Waals surface area contributed by atoms with Gasteiger partial charge in [-0.25, -0.2) is 0 Å². The molecule has 3 aliphatic rings. The minimum atomic E-state index is -4.13. The summed E-state index contributed by atoms with van der Waals surface area (Å²) in [6.07, 6.45) is 2.06. The van der Waals surface area contributed by atoms with Crippen LogP contribution in [0.5, 0.6) is 5.75 Å². The van der Waals surface area contributed by atoms with Crippen molar-refractivity contribution in [3.05, 3.63) is 29.8 Å².